The van der Waals surface area contributed by atoms with Crippen molar-refractivity contribution < 1.29 is 13.2 Å². The maximum atomic E-state index is 14.1. The van der Waals surface area contributed by atoms with Crippen LogP contribution in [0.15, 0.2) is 103 Å². The molecule has 6 rings (SSSR count). The minimum Gasteiger partial charge on any atom is -0.368 e. The molecule has 4 aromatic carbocycles. The Morgan fingerprint density at radius 1 is 0.775 bits per heavy atom. The van der Waals surface area contributed by atoms with Crippen LogP contribution in [0.3, 0.4) is 0 Å². The van der Waals surface area contributed by atoms with Crippen molar-refractivity contribution in [3.05, 3.63) is 120 Å². The lowest BCUT2D eigenvalue weighted by atomic mass is 9.95. The number of aromatic nitrogens is 3. The number of hydrogen-bond acceptors (Lipinski definition) is 4. The molecular formula is C32H26F3N5. The predicted octanol–water partition coefficient (Wildman–Crippen LogP) is 7.60. The van der Waals surface area contributed by atoms with Crippen LogP contribution in [0.2, 0.25) is 0 Å². The van der Waals surface area contributed by atoms with Crippen molar-refractivity contribution in [3.8, 4) is 11.1 Å². The van der Waals surface area contributed by atoms with E-state index in [1.165, 1.54) is 12.1 Å². The summed E-state index contributed by atoms with van der Waals surface area (Å²) in [6.07, 6.45) is -2.66. The van der Waals surface area contributed by atoms with Crippen molar-refractivity contribution in [3.63, 3.8) is 0 Å². The van der Waals surface area contributed by atoms with Crippen LogP contribution in [0.5, 0.6) is 0 Å². The Bertz CT molecular complexity index is 1770. The fourth-order valence-electron chi connectivity index (χ4n) is 5.33. The van der Waals surface area contributed by atoms with Gasteiger partial charge >= 0.3 is 6.18 Å². The molecule has 0 atom stereocenters. The van der Waals surface area contributed by atoms with E-state index in [2.05, 4.69) is 34.1 Å². The maximum Gasteiger partial charge on any atom is 0.417 e. The molecule has 2 N–H and O–H groups in total. The molecule has 0 saturated heterocycles. The molecule has 2 heterocycles. The highest BCUT2D eigenvalue weighted by molar-refractivity contribution is 6.16. The summed E-state index contributed by atoms with van der Waals surface area (Å²) in [5, 5.41) is 1.50. The van der Waals surface area contributed by atoms with Gasteiger partial charge in [-0.15, -0.1) is 0 Å². The first-order valence-corrected chi connectivity index (χ1v) is 12.8. The van der Waals surface area contributed by atoms with E-state index in [4.69, 9.17) is 10.7 Å². The summed E-state index contributed by atoms with van der Waals surface area (Å²) in [5.41, 5.74) is 9.40. The number of alkyl halides is 3. The van der Waals surface area contributed by atoms with Crippen LogP contribution >= 0.6 is 0 Å². The zero-order chi connectivity index (χ0) is 27.9. The number of nitrogens with zero attached hydrogens (tertiary/aromatic N) is 4. The van der Waals surface area contributed by atoms with Gasteiger partial charge in [0.15, 0.2) is 0 Å². The molecule has 200 valence electrons. The summed E-state index contributed by atoms with van der Waals surface area (Å²) in [7, 11) is 1.83. The van der Waals surface area contributed by atoms with Gasteiger partial charge in [0, 0.05) is 37.3 Å². The van der Waals surface area contributed by atoms with Crippen LogP contribution in [-0.2, 0) is 26.3 Å². The number of nitrogens with two attached hydrogens (primary N) is 1. The van der Waals surface area contributed by atoms with Gasteiger partial charge in [-0.25, -0.2) is 4.98 Å². The van der Waals surface area contributed by atoms with E-state index in [-0.39, 0.29) is 11.5 Å². The molecule has 0 saturated carbocycles. The molecule has 0 amide bonds. The normalized spacial score (nSPS) is 11.8. The first-order chi connectivity index (χ1) is 19.3. The third-order valence-corrected chi connectivity index (χ3v) is 7.07. The van der Waals surface area contributed by atoms with Crippen molar-refractivity contribution in [1.82, 2.24) is 14.5 Å². The van der Waals surface area contributed by atoms with Crippen LogP contribution < -0.4 is 10.6 Å². The van der Waals surface area contributed by atoms with Gasteiger partial charge in [-0.1, -0.05) is 78.9 Å². The summed E-state index contributed by atoms with van der Waals surface area (Å²) in [5.74, 6) is 0.682. The standard InChI is InChI=1S/C32H26F3N5/c1-39-17-16-24-28-27(18-25(29(24)39)23-14-8-9-15-26(23)32(33,34)35)37-31(36)38-30(28)40(19-21-10-4-2-5-11-21)20-22-12-6-3-7-13-22/h2-18H,19-20H2,1H3,(H2,36,37,38). The molecule has 0 unspecified atom stereocenters. The fraction of sp³-hybridized carbons (Fsp3) is 0.125. The van der Waals surface area contributed by atoms with Gasteiger partial charge in [0.1, 0.15) is 5.82 Å². The second-order valence-corrected chi connectivity index (χ2v) is 9.78. The van der Waals surface area contributed by atoms with Crippen molar-refractivity contribution in [2.45, 2.75) is 19.3 Å². The molecule has 0 radical (unpaired) electrons. The summed E-state index contributed by atoms with van der Waals surface area (Å²) in [6.45, 7) is 1.10. The predicted molar refractivity (Wildman–Crippen MR) is 154 cm³/mol. The van der Waals surface area contributed by atoms with E-state index in [1.54, 1.807) is 12.1 Å². The number of halogens is 3. The highest BCUT2D eigenvalue weighted by Crippen LogP contribution is 2.43. The quantitative estimate of drug-likeness (QED) is 0.238. The molecule has 8 heteroatoms. The van der Waals surface area contributed by atoms with Gasteiger partial charge in [0.25, 0.3) is 0 Å². The van der Waals surface area contributed by atoms with Crippen molar-refractivity contribution in [1.29, 1.82) is 0 Å². The zero-order valence-corrected chi connectivity index (χ0v) is 21.7. The molecule has 0 aliphatic rings. The lowest BCUT2D eigenvalue weighted by Gasteiger charge is -2.26. The topological polar surface area (TPSA) is 60.0 Å². The lowest BCUT2D eigenvalue weighted by molar-refractivity contribution is -0.137. The molecule has 0 spiro atoms. The van der Waals surface area contributed by atoms with E-state index in [0.29, 0.717) is 35.5 Å². The van der Waals surface area contributed by atoms with Gasteiger partial charge in [0.05, 0.1) is 22.0 Å². The van der Waals surface area contributed by atoms with Crippen LogP contribution in [0.25, 0.3) is 32.9 Å². The Morgan fingerprint density at radius 2 is 1.38 bits per heavy atom. The highest BCUT2D eigenvalue weighted by atomic mass is 19.4. The van der Waals surface area contributed by atoms with E-state index in [1.807, 2.05) is 60.3 Å². The Balaban J connectivity index is 1.62. The largest absolute Gasteiger partial charge is 0.417 e. The molecule has 6 aromatic rings. The fourth-order valence-corrected chi connectivity index (χ4v) is 5.33. The molecular weight excluding hydrogens is 511 g/mol. The molecule has 2 aromatic heterocycles. The number of nitrogen functional groups attached to an aromatic ring is 1. The number of fused-ring (bicyclic) bond motifs is 3. The van der Waals surface area contributed by atoms with Crippen molar-refractivity contribution >= 4 is 33.6 Å². The van der Waals surface area contributed by atoms with E-state index >= 15 is 0 Å². The Labute approximate surface area is 229 Å². The Hall–Kier alpha value is -4.85. The average molecular weight is 538 g/mol. The average Bonchev–Trinajstić information content (AvgIpc) is 3.33. The summed E-state index contributed by atoms with van der Waals surface area (Å²) in [6, 6.07) is 29.3. The summed E-state index contributed by atoms with van der Waals surface area (Å²) < 4.78 is 44.0. The molecule has 0 aliphatic carbocycles. The molecule has 0 aliphatic heterocycles. The third kappa shape index (κ3) is 4.73. The number of benzene rings is 4. The van der Waals surface area contributed by atoms with Gasteiger partial charge in [-0.2, -0.15) is 18.2 Å². The Kier molecular flexibility index (Phi) is 6.38. The van der Waals surface area contributed by atoms with Crippen LogP contribution in [0, 0.1) is 0 Å². The summed E-state index contributed by atoms with van der Waals surface area (Å²) >= 11 is 0. The van der Waals surface area contributed by atoms with E-state index < -0.39 is 11.7 Å². The number of anilines is 2. The molecule has 5 nitrogen and oxygen atoms in total. The number of rotatable bonds is 6. The van der Waals surface area contributed by atoms with Crippen LogP contribution in [0.1, 0.15) is 16.7 Å². The molecule has 40 heavy (non-hydrogen) atoms. The molecule has 0 bridgehead atoms. The SMILES string of the molecule is Cn1ccc2c3c(N(Cc4ccccc4)Cc4ccccc4)nc(N)nc3cc(-c3ccccc3C(F)(F)F)c21. The minimum absolute atomic E-state index is 0.0546. The second-order valence-electron chi connectivity index (χ2n) is 9.78. The van der Waals surface area contributed by atoms with Gasteiger partial charge in [-0.3, -0.25) is 0 Å². The van der Waals surface area contributed by atoms with E-state index in [0.717, 1.165) is 28.0 Å². The van der Waals surface area contributed by atoms with Crippen LogP contribution in [-0.4, -0.2) is 14.5 Å². The molecule has 0 fully saturated rings. The number of hydrogen-bond donors (Lipinski definition) is 1. The van der Waals surface area contributed by atoms with E-state index in [9.17, 15) is 13.2 Å². The summed E-state index contributed by atoms with van der Waals surface area (Å²) in [4.78, 5) is 11.4. The van der Waals surface area contributed by atoms with Gasteiger partial charge in [0.2, 0.25) is 5.95 Å². The highest BCUT2D eigenvalue weighted by Gasteiger charge is 2.34. The minimum atomic E-state index is -4.51. The monoisotopic (exact) mass is 537 g/mol. The van der Waals surface area contributed by atoms with Crippen molar-refractivity contribution in [2.24, 2.45) is 7.05 Å². The zero-order valence-electron chi connectivity index (χ0n) is 21.7. The third-order valence-electron chi connectivity index (χ3n) is 7.07. The lowest BCUT2D eigenvalue weighted by Crippen LogP contribution is -2.24. The first-order valence-electron chi connectivity index (χ1n) is 12.8. The van der Waals surface area contributed by atoms with Gasteiger partial charge < -0.3 is 15.2 Å². The maximum absolute atomic E-state index is 14.1. The second kappa shape index (κ2) is 10.0. The first kappa shape index (κ1) is 25.4. The Morgan fingerprint density at radius 3 is 2.00 bits per heavy atom. The van der Waals surface area contributed by atoms with Gasteiger partial charge in [-0.05, 0) is 34.9 Å². The van der Waals surface area contributed by atoms with Crippen LogP contribution in [0.4, 0.5) is 24.9 Å². The smallest absolute Gasteiger partial charge is 0.368 e. The number of aryl methyl sites for hydroxylation is 1. The van der Waals surface area contributed by atoms with Crippen molar-refractivity contribution in [2.75, 3.05) is 10.6 Å².